The quantitative estimate of drug-likeness (QED) is 0.326. The maximum absolute atomic E-state index is 12.6. The predicted octanol–water partition coefficient (Wildman–Crippen LogP) is 7.34. The van der Waals surface area contributed by atoms with E-state index in [9.17, 15) is 9.59 Å². The van der Waals surface area contributed by atoms with Crippen LogP contribution in [0, 0.1) is 5.92 Å². The van der Waals surface area contributed by atoms with Crippen molar-refractivity contribution in [2.75, 3.05) is 6.54 Å². The second-order valence-electron chi connectivity index (χ2n) is 11.4. The molecule has 0 saturated heterocycles. The van der Waals surface area contributed by atoms with Gasteiger partial charge in [-0.1, -0.05) is 62.4 Å². The smallest absolute Gasteiger partial charge is 0.156 e. The fourth-order valence-corrected chi connectivity index (χ4v) is 6.07. The number of allylic oxidation sites excluding steroid dienone is 5. The summed E-state index contributed by atoms with van der Waals surface area (Å²) in [5.41, 5.74) is 10.2. The fraction of sp³-hybridized carbons (Fsp3) is 0.457. The molecule has 206 valence electrons. The number of carbonyl (C=O) groups is 2. The number of carbonyl (C=O) groups excluding carboxylic acids is 2. The first-order valence-corrected chi connectivity index (χ1v) is 14.7. The third-order valence-corrected chi connectivity index (χ3v) is 8.42. The number of Topliss-reactive ketones (excluding diaryl/α,β-unsaturated/α-hetero) is 2. The lowest BCUT2D eigenvalue weighted by Gasteiger charge is -2.29. The highest BCUT2D eigenvalue weighted by molar-refractivity contribution is 6.00. The predicted molar refractivity (Wildman–Crippen MR) is 161 cm³/mol. The van der Waals surface area contributed by atoms with Crippen LogP contribution < -0.4 is 0 Å². The van der Waals surface area contributed by atoms with Gasteiger partial charge in [-0.2, -0.15) is 0 Å². The molecule has 4 nitrogen and oxygen atoms in total. The Labute approximate surface area is 234 Å². The minimum Gasteiger partial charge on any atom is -0.299 e. The third kappa shape index (κ3) is 6.55. The number of hydrogen-bond acceptors (Lipinski definition) is 4. The molecule has 0 fully saturated rings. The van der Waals surface area contributed by atoms with Crippen LogP contribution in [-0.2, 0) is 35.4 Å². The molecule has 39 heavy (non-hydrogen) atoms. The van der Waals surface area contributed by atoms with Crippen LogP contribution in [0.5, 0.6) is 0 Å². The summed E-state index contributed by atoms with van der Waals surface area (Å²) in [5.74, 6) is 0.0296. The van der Waals surface area contributed by atoms with Crippen molar-refractivity contribution in [3.8, 4) is 0 Å². The zero-order valence-corrected chi connectivity index (χ0v) is 24.6. The summed E-state index contributed by atoms with van der Waals surface area (Å²) in [6.45, 7) is 14.3. The SMILES string of the molecule is CCc1c(/C(C)=C/C2=C(C(C)=O)CCC(=O)C2C)nc2c(c1CCN(Cc1ccccc1)C(C)C)C=CCC2. The molecule has 1 aromatic carbocycles. The lowest BCUT2D eigenvalue weighted by molar-refractivity contribution is -0.121. The van der Waals surface area contributed by atoms with Gasteiger partial charge in [0.15, 0.2) is 5.78 Å². The summed E-state index contributed by atoms with van der Waals surface area (Å²) < 4.78 is 0. The normalized spacial score (nSPS) is 17.8. The van der Waals surface area contributed by atoms with Gasteiger partial charge in [0.25, 0.3) is 0 Å². The highest BCUT2D eigenvalue weighted by Crippen LogP contribution is 2.34. The lowest BCUT2D eigenvalue weighted by Crippen LogP contribution is -2.32. The Kier molecular flexibility index (Phi) is 9.50. The molecule has 0 spiro atoms. The van der Waals surface area contributed by atoms with Crippen molar-refractivity contribution in [3.05, 3.63) is 87.3 Å². The van der Waals surface area contributed by atoms with Crippen molar-refractivity contribution >= 4 is 23.2 Å². The number of nitrogens with zero attached hydrogens (tertiary/aromatic N) is 2. The summed E-state index contributed by atoms with van der Waals surface area (Å²) >= 11 is 0. The number of aryl methyl sites for hydroxylation is 1. The van der Waals surface area contributed by atoms with Crippen LogP contribution in [0.1, 0.15) is 94.4 Å². The first-order chi connectivity index (χ1) is 18.7. The summed E-state index contributed by atoms with van der Waals surface area (Å²) in [6, 6.07) is 11.1. The van der Waals surface area contributed by atoms with E-state index >= 15 is 0 Å². The van der Waals surface area contributed by atoms with Gasteiger partial charge in [0.05, 0.1) is 5.69 Å². The molecule has 1 heterocycles. The highest BCUT2D eigenvalue weighted by atomic mass is 16.1. The van der Waals surface area contributed by atoms with E-state index in [0.29, 0.717) is 18.9 Å². The van der Waals surface area contributed by atoms with Gasteiger partial charge in [-0.05, 0) is 98.8 Å². The second-order valence-corrected chi connectivity index (χ2v) is 11.4. The summed E-state index contributed by atoms with van der Waals surface area (Å²) in [4.78, 5) is 32.8. The average molecular weight is 525 g/mol. The molecule has 0 saturated carbocycles. The van der Waals surface area contributed by atoms with E-state index < -0.39 is 0 Å². The van der Waals surface area contributed by atoms with Crippen LogP contribution in [0.3, 0.4) is 0 Å². The van der Waals surface area contributed by atoms with Crippen molar-refractivity contribution < 1.29 is 9.59 Å². The minimum atomic E-state index is -0.254. The molecule has 0 N–H and O–H groups in total. The van der Waals surface area contributed by atoms with E-state index in [2.05, 4.69) is 81.2 Å². The molecule has 4 rings (SSSR count). The van der Waals surface area contributed by atoms with Gasteiger partial charge >= 0.3 is 0 Å². The van der Waals surface area contributed by atoms with Crippen LogP contribution in [0.2, 0.25) is 0 Å². The molecule has 0 aliphatic heterocycles. The number of benzene rings is 1. The molecule has 0 radical (unpaired) electrons. The van der Waals surface area contributed by atoms with Crippen LogP contribution in [0.15, 0.2) is 53.6 Å². The Balaban J connectivity index is 1.75. The van der Waals surface area contributed by atoms with Crippen LogP contribution in [0.25, 0.3) is 11.6 Å². The minimum absolute atomic E-state index is 0.0699. The summed E-state index contributed by atoms with van der Waals surface area (Å²) in [6.07, 6.45) is 11.4. The molecule has 1 unspecified atom stereocenters. The number of aromatic nitrogens is 1. The largest absolute Gasteiger partial charge is 0.299 e. The first kappa shape index (κ1) is 28.9. The molecule has 4 heteroatoms. The van der Waals surface area contributed by atoms with E-state index in [1.807, 2.05) is 6.92 Å². The fourth-order valence-electron chi connectivity index (χ4n) is 6.07. The zero-order valence-electron chi connectivity index (χ0n) is 24.6. The number of pyridine rings is 1. The standard InChI is InChI=1S/C35H44N2O2/c1-7-28-30(19-20-37(23(2)3)22-27-13-9-8-10-14-27)31-15-11-12-16-33(31)36-35(28)24(4)21-32-25(5)34(39)18-17-29(32)26(6)38/h8-11,13-15,21,23,25H,7,12,16-20,22H2,1-6H3/b24-21+. The molecule has 2 aliphatic carbocycles. The molecule has 1 aromatic heterocycles. The molecular formula is C35H44N2O2. The van der Waals surface area contributed by atoms with Gasteiger partial charge in [0.1, 0.15) is 5.78 Å². The van der Waals surface area contributed by atoms with Gasteiger partial charge in [0, 0.05) is 37.2 Å². The van der Waals surface area contributed by atoms with Crippen LogP contribution in [0.4, 0.5) is 0 Å². The number of rotatable bonds is 10. The molecule has 0 bridgehead atoms. The van der Waals surface area contributed by atoms with Gasteiger partial charge in [-0.25, -0.2) is 0 Å². The average Bonchev–Trinajstić information content (AvgIpc) is 2.93. The Morgan fingerprint density at radius 1 is 1.10 bits per heavy atom. The van der Waals surface area contributed by atoms with E-state index in [-0.39, 0.29) is 17.5 Å². The summed E-state index contributed by atoms with van der Waals surface area (Å²) in [5, 5.41) is 0. The molecule has 0 amide bonds. The lowest BCUT2D eigenvalue weighted by atomic mass is 9.80. The number of ketones is 2. The maximum atomic E-state index is 12.6. The topological polar surface area (TPSA) is 50.3 Å². The Morgan fingerprint density at radius 3 is 2.51 bits per heavy atom. The molecule has 1 atom stereocenters. The monoisotopic (exact) mass is 524 g/mol. The van der Waals surface area contributed by atoms with Crippen LogP contribution >= 0.6 is 0 Å². The third-order valence-electron chi connectivity index (χ3n) is 8.42. The number of hydrogen-bond donors (Lipinski definition) is 0. The van der Waals surface area contributed by atoms with Gasteiger partial charge in [-0.3, -0.25) is 19.5 Å². The van der Waals surface area contributed by atoms with Gasteiger partial charge < -0.3 is 0 Å². The van der Waals surface area contributed by atoms with Crippen molar-refractivity contribution in [2.45, 2.75) is 92.7 Å². The van der Waals surface area contributed by atoms with E-state index in [4.69, 9.17) is 4.98 Å². The second kappa shape index (κ2) is 12.8. The highest BCUT2D eigenvalue weighted by Gasteiger charge is 2.28. The molecule has 2 aromatic rings. The Bertz CT molecular complexity index is 1310. The van der Waals surface area contributed by atoms with Crippen molar-refractivity contribution in [1.29, 1.82) is 0 Å². The van der Waals surface area contributed by atoms with E-state index in [0.717, 1.165) is 61.2 Å². The van der Waals surface area contributed by atoms with Gasteiger partial charge in [0.2, 0.25) is 0 Å². The Morgan fingerprint density at radius 2 is 1.85 bits per heavy atom. The first-order valence-electron chi connectivity index (χ1n) is 14.7. The number of fused-ring (bicyclic) bond motifs is 1. The Hall–Kier alpha value is -3.11. The van der Waals surface area contributed by atoms with E-state index in [1.165, 1.54) is 27.9 Å². The van der Waals surface area contributed by atoms with Crippen molar-refractivity contribution in [2.24, 2.45) is 5.92 Å². The molecular weight excluding hydrogens is 480 g/mol. The maximum Gasteiger partial charge on any atom is 0.156 e. The van der Waals surface area contributed by atoms with Gasteiger partial charge in [-0.15, -0.1) is 0 Å². The van der Waals surface area contributed by atoms with Crippen molar-refractivity contribution in [3.63, 3.8) is 0 Å². The van der Waals surface area contributed by atoms with E-state index in [1.54, 1.807) is 6.92 Å². The van der Waals surface area contributed by atoms with Crippen LogP contribution in [-0.4, -0.2) is 34.0 Å². The summed E-state index contributed by atoms with van der Waals surface area (Å²) in [7, 11) is 0. The van der Waals surface area contributed by atoms with Crippen molar-refractivity contribution in [1.82, 2.24) is 9.88 Å². The molecule has 2 aliphatic rings. The zero-order chi connectivity index (χ0) is 28.1.